The monoisotopic (exact) mass is 350 g/mol. The minimum atomic E-state index is -0.542. The van der Waals surface area contributed by atoms with Crippen molar-refractivity contribution in [2.75, 3.05) is 18.5 Å². The van der Waals surface area contributed by atoms with E-state index >= 15 is 0 Å². The fourth-order valence-electron chi connectivity index (χ4n) is 3.00. The first-order chi connectivity index (χ1) is 12.0. The van der Waals surface area contributed by atoms with Crippen LogP contribution >= 0.6 is 0 Å². The van der Waals surface area contributed by atoms with Crippen molar-refractivity contribution in [2.24, 2.45) is 5.92 Å². The van der Waals surface area contributed by atoms with E-state index in [0.717, 1.165) is 25.7 Å². The molecule has 1 aliphatic rings. The molecule has 2 N–H and O–H groups in total. The molecule has 8 nitrogen and oxygen atoms in total. The molecule has 25 heavy (non-hydrogen) atoms. The van der Waals surface area contributed by atoms with E-state index in [1.54, 1.807) is 6.92 Å². The van der Waals surface area contributed by atoms with Gasteiger partial charge in [-0.3, -0.25) is 14.9 Å². The van der Waals surface area contributed by atoms with Gasteiger partial charge >= 0.3 is 5.69 Å². The van der Waals surface area contributed by atoms with E-state index in [9.17, 15) is 14.9 Å². The van der Waals surface area contributed by atoms with Crippen molar-refractivity contribution in [3.8, 4) is 5.88 Å². The Balaban J connectivity index is 2.28. The Labute approximate surface area is 147 Å². The van der Waals surface area contributed by atoms with Crippen molar-refractivity contribution in [3.63, 3.8) is 0 Å². The van der Waals surface area contributed by atoms with E-state index in [0.29, 0.717) is 19.1 Å². The minimum absolute atomic E-state index is 0.0886. The van der Waals surface area contributed by atoms with Crippen molar-refractivity contribution in [1.29, 1.82) is 0 Å². The number of aromatic nitrogens is 1. The molecule has 0 radical (unpaired) electrons. The first-order valence-electron chi connectivity index (χ1n) is 8.83. The van der Waals surface area contributed by atoms with Crippen molar-refractivity contribution < 1.29 is 14.5 Å². The molecular formula is C17H26N4O4. The maximum atomic E-state index is 12.7. The van der Waals surface area contributed by atoms with Gasteiger partial charge in [-0.05, 0) is 45.4 Å². The first kappa shape index (κ1) is 19.0. The quantitative estimate of drug-likeness (QED) is 0.578. The molecule has 1 fully saturated rings. The van der Waals surface area contributed by atoms with Gasteiger partial charge in [0.2, 0.25) is 11.7 Å². The van der Waals surface area contributed by atoms with E-state index in [2.05, 4.69) is 22.5 Å². The maximum Gasteiger partial charge on any atom is 0.312 e. The van der Waals surface area contributed by atoms with Crippen LogP contribution in [0.3, 0.4) is 0 Å². The summed E-state index contributed by atoms with van der Waals surface area (Å²) >= 11 is 0. The van der Waals surface area contributed by atoms with Gasteiger partial charge in [0.1, 0.15) is 5.56 Å². The van der Waals surface area contributed by atoms with Crippen molar-refractivity contribution in [1.82, 2.24) is 10.3 Å². The predicted molar refractivity (Wildman–Crippen MR) is 95.1 cm³/mol. The predicted octanol–water partition coefficient (Wildman–Crippen LogP) is 3.13. The van der Waals surface area contributed by atoms with Crippen molar-refractivity contribution in [2.45, 2.75) is 52.5 Å². The molecule has 0 saturated heterocycles. The summed E-state index contributed by atoms with van der Waals surface area (Å²) < 4.78 is 5.45. The normalized spacial score (nSPS) is 20.0. The van der Waals surface area contributed by atoms with Crippen LogP contribution in [0.4, 0.5) is 11.5 Å². The highest BCUT2D eigenvalue weighted by molar-refractivity contribution is 5.97. The van der Waals surface area contributed by atoms with Gasteiger partial charge in [-0.2, -0.15) is 4.98 Å². The summed E-state index contributed by atoms with van der Waals surface area (Å²) in [7, 11) is 0. The van der Waals surface area contributed by atoms with Gasteiger partial charge in [-0.15, -0.1) is 0 Å². The molecule has 1 heterocycles. The van der Waals surface area contributed by atoms with Crippen LogP contribution in [0, 0.1) is 16.0 Å². The van der Waals surface area contributed by atoms with Crippen LogP contribution in [0.5, 0.6) is 5.88 Å². The number of anilines is 1. The van der Waals surface area contributed by atoms with Gasteiger partial charge in [0.05, 0.1) is 11.5 Å². The van der Waals surface area contributed by atoms with E-state index < -0.39 is 4.92 Å². The number of nitrogens with zero attached hydrogens (tertiary/aromatic N) is 2. The van der Waals surface area contributed by atoms with Crippen LogP contribution < -0.4 is 15.4 Å². The fourth-order valence-corrected chi connectivity index (χ4v) is 3.00. The van der Waals surface area contributed by atoms with Gasteiger partial charge in [0.25, 0.3) is 5.91 Å². The summed E-state index contributed by atoms with van der Waals surface area (Å²) in [5.41, 5.74) is -0.124. The molecule has 0 aliphatic heterocycles. The molecule has 1 saturated carbocycles. The Bertz CT molecular complexity index is 627. The average Bonchev–Trinajstić information content (AvgIpc) is 2.57. The Hall–Kier alpha value is -2.38. The van der Waals surface area contributed by atoms with E-state index in [-0.39, 0.29) is 34.9 Å². The largest absolute Gasteiger partial charge is 0.477 e. The van der Waals surface area contributed by atoms with E-state index in [1.165, 1.54) is 6.07 Å². The highest BCUT2D eigenvalue weighted by Crippen LogP contribution is 2.30. The maximum absolute atomic E-state index is 12.7. The number of carbonyl (C=O) groups excluding carboxylic acids is 1. The molecule has 0 unspecified atom stereocenters. The third-order valence-corrected chi connectivity index (χ3v) is 4.39. The SMILES string of the molecule is CCNc1nc(OCC)c(C(=O)NC2CCC(C)CC2)cc1[N+](=O)[O-]. The third-order valence-electron chi connectivity index (χ3n) is 4.39. The standard InChI is InChI=1S/C17H26N4O4/c1-4-18-15-14(21(23)24)10-13(17(20-15)25-5-2)16(22)19-12-8-6-11(3)7-9-12/h10-12H,4-9H2,1-3H3,(H,18,20)(H,19,22). The zero-order valence-corrected chi connectivity index (χ0v) is 15.0. The van der Waals surface area contributed by atoms with Crippen LogP contribution in [0.25, 0.3) is 0 Å². The number of carbonyl (C=O) groups is 1. The minimum Gasteiger partial charge on any atom is -0.477 e. The highest BCUT2D eigenvalue weighted by Gasteiger charge is 2.27. The first-order valence-corrected chi connectivity index (χ1v) is 8.83. The molecule has 1 aliphatic carbocycles. The second-order valence-corrected chi connectivity index (χ2v) is 6.36. The summed E-state index contributed by atoms with van der Waals surface area (Å²) in [6.07, 6.45) is 3.98. The second-order valence-electron chi connectivity index (χ2n) is 6.36. The molecule has 1 aromatic heterocycles. The fraction of sp³-hybridized carbons (Fsp3) is 0.647. The van der Waals surface area contributed by atoms with Gasteiger partial charge < -0.3 is 15.4 Å². The van der Waals surface area contributed by atoms with Crippen molar-refractivity contribution in [3.05, 3.63) is 21.7 Å². The molecular weight excluding hydrogens is 324 g/mol. The van der Waals surface area contributed by atoms with Crippen molar-refractivity contribution >= 4 is 17.4 Å². The summed E-state index contributed by atoms with van der Waals surface area (Å²) in [5.74, 6) is 0.528. The molecule has 1 aromatic rings. The molecule has 0 aromatic carbocycles. The molecule has 0 bridgehead atoms. The molecule has 8 heteroatoms. The summed E-state index contributed by atoms with van der Waals surface area (Å²) in [5, 5.41) is 17.1. The number of pyridine rings is 1. The van der Waals surface area contributed by atoms with Crippen LogP contribution in [0.1, 0.15) is 56.8 Å². The van der Waals surface area contributed by atoms with Gasteiger partial charge in [-0.1, -0.05) is 6.92 Å². The van der Waals surface area contributed by atoms with Crippen LogP contribution in [0.15, 0.2) is 6.07 Å². The number of hydrogen-bond acceptors (Lipinski definition) is 6. The number of ether oxygens (including phenoxy) is 1. The Kier molecular flexibility index (Phi) is 6.55. The van der Waals surface area contributed by atoms with Crippen LogP contribution in [-0.2, 0) is 0 Å². The Morgan fingerprint density at radius 2 is 2.04 bits per heavy atom. The van der Waals surface area contributed by atoms with Gasteiger partial charge in [0, 0.05) is 18.7 Å². The lowest BCUT2D eigenvalue weighted by Gasteiger charge is -2.27. The third kappa shape index (κ3) is 4.80. The molecule has 2 rings (SSSR count). The Morgan fingerprint density at radius 1 is 1.36 bits per heavy atom. The Morgan fingerprint density at radius 3 is 2.60 bits per heavy atom. The smallest absolute Gasteiger partial charge is 0.312 e. The topological polar surface area (TPSA) is 106 Å². The van der Waals surface area contributed by atoms with E-state index in [1.807, 2.05) is 6.92 Å². The van der Waals surface area contributed by atoms with Gasteiger partial charge in [-0.25, -0.2) is 0 Å². The van der Waals surface area contributed by atoms with Crippen LogP contribution in [0.2, 0.25) is 0 Å². The number of amides is 1. The van der Waals surface area contributed by atoms with Crippen LogP contribution in [-0.4, -0.2) is 35.0 Å². The average molecular weight is 350 g/mol. The molecule has 138 valence electrons. The number of nitrogens with one attached hydrogen (secondary N) is 2. The van der Waals surface area contributed by atoms with Gasteiger partial charge in [0.15, 0.2) is 0 Å². The highest BCUT2D eigenvalue weighted by atomic mass is 16.6. The summed E-state index contributed by atoms with van der Waals surface area (Å²) in [4.78, 5) is 27.6. The lowest BCUT2D eigenvalue weighted by Crippen LogP contribution is -2.37. The zero-order chi connectivity index (χ0) is 18.4. The summed E-state index contributed by atoms with van der Waals surface area (Å²) in [6, 6.07) is 1.34. The number of hydrogen-bond donors (Lipinski definition) is 2. The molecule has 0 spiro atoms. The lowest BCUT2D eigenvalue weighted by molar-refractivity contribution is -0.384. The summed E-state index contributed by atoms with van der Waals surface area (Å²) in [6.45, 7) is 6.59. The number of rotatable bonds is 7. The second kappa shape index (κ2) is 8.64. The lowest BCUT2D eigenvalue weighted by atomic mass is 9.87. The molecule has 1 amide bonds. The van der Waals surface area contributed by atoms with E-state index in [4.69, 9.17) is 4.74 Å². The number of nitro groups is 1. The zero-order valence-electron chi connectivity index (χ0n) is 15.0. The molecule has 0 atom stereocenters.